The lowest BCUT2D eigenvalue weighted by molar-refractivity contribution is -0.142. The Bertz CT molecular complexity index is 1310. The smallest absolute Gasteiger partial charge is 0.305 e. The number of benzene rings is 1. The molecule has 190 valence electrons. The lowest BCUT2D eigenvalue weighted by Gasteiger charge is -2.43. The van der Waals surface area contributed by atoms with Gasteiger partial charge in [-0.15, -0.1) is 11.8 Å². The second-order valence-electron chi connectivity index (χ2n) is 11.7. The van der Waals surface area contributed by atoms with E-state index in [1.165, 1.54) is 21.8 Å². The van der Waals surface area contributed by atoms with Gasteiger partial charge in [-0.1, -0.05) is 56.4 Å². The number of fused-ring (bicyclic) bond motifs is 9. The van der Waals surface area contributed by atoms with Crippen molar-refractivity contribution >= 4 is 40.9 Å². The first kappa shape index (κ1) is 24.0. The number of aliphatic carboxylic acids is 1. The second kappa shape index (κ2) is 8.31. The summed E-state index contributed by atoms with van der Waals surface area (Å²) in [6.45, 7) is 6.74. The second-order valence-corrected chi connectivity index (χ2v) is 13.9. The maximum absolute atomic E-state index is 13.5. The van der Waals surface area contributed by atoms with Crippen LogP contribution in [0.1, 0.15) is 62.0 Å². The number of amides is 2. The van der Waals surface area contributed by atoms with Gasteiger partial charge in [0.1, 0.15) is 0 Å². The Morgan fingerprint density at radius 3 is 2.39 bits per heavy atom. The first-order chi connectivity index (χ1) is 17.1. The van der Waals surface area contributed by atoms with E-state index in [1.54, 1.807) is 11.8 Å². The molecule has 1 aromatic heterocycles. The number of thioether (sulfide) groups is 1. The molecule has 0 radical (unpaired) electrons. The summed E-state index contributed by atoms with van der Waals surface area (Å²) >= 11 is 2.96. The molecule has 2 saturated carbocycles. The highest BCUT2D eigenvalue weighted by atomic mass is 32.2. The maximum atomic E-state index is 13.5. The van der Waals surface area contributed by atoms with Gasteiger partial charge in [0.25, 0.3) is 0 Å². The van der Waals surface area contributed by atoms with Gasteiger partial charge in [-0.2, -0.15) is 0 Å². The molecule has 4 aliphatic rings. The normalized spacial score (nSPS) is 32.5. The predicted octanol–water partition coefficient (Wildman–Crippen LogP) is 4.07. The Kier molecular flexibility index (Phi) is 5.54. The first-order valence-corrected chi connectivity index (χ1v) is 14.3. The van der Waals surface area contributed by atoms with Crippen LogP contribution in [0.4, 0.5) is 0 Å². The molecule has 2 aliphatic heterocycles. The molecule has 3 fully saturated rings. The number of carboxylic acid groups (broad SMARTS) is 1. The van der Waals surface area contributed by atoms with E-state index in [0.717, 1.165) is 21.9 Å². The first-order valence-electron chi connectivity index (χ1n) is 12.6. The summed E-state index contributed by atoms with van der Waals surface area (Å²) in [4.78, 5) is 55.6. The van der Waals surface area contributed by atoms with Crippen LogP contribution in [-0.4, -0.2) is 44.6 Å². The Balaban J connectivity index is 1.36. The Morgan fingerprint density at radius 2 is 1.75 bits per heavy atom. The number of hydrogen-bond acceptors (Lipinski definition) is 6. The molecule has 3 heterocycles. The van der Waals surface area contributed by atoms with Crippen LogP contribution in [-0.2, 0) is 19.8 Å². The number of likely N-dealkylation sites (tertiary alicyclic amines) is 1. The topological polar surface area (TPSA) is 108 Å². The number of imide groups is 1. The maximum Gasteiger partial charge on any atom is 0.305 e. The molecule has 2 aromatic rings. The van der Waals surface area contributed by atoms with Crippen LogP contribution in [0.3, 0.4) is 0 Å². The van der Waals surface area contributed by atoms with Crippen LogP contribution in [0.2, 0.25) is 0 Å². The van der Waals surface area contributed by atoms with Crippen LogP contribution in [0.15, 0.2) is 34.1 Å². The number of carboxylic acids is 1. The van der Waals surface area contributed by atoms with E-state index in [0.29, 0.717) is 0 Å². The fraction of sp³-hybridized carbons (Fsp3) is 0.556. The van der Waals surface area contributed by atoms with Gasteiger partial charge in [0.15, 0.2) is 0 Å². The molecule has 9 heteroatoms. The fourth-order valence-corrected chi connectivity index (χ4v) is 10.1. The number of carbonyl (C=O) groups is 3. The standard InChI is InChI=1S/C27H30N2O5S2/c1-27(2,3)13-8-6-12(7-9-13)17-18-14-11-15(21(18)35-23-22(17)36-26(34)28-23)20-19(14)24(32)29(25(20)33)10-4-5-16(30)31/h6-9,14-15,17-21H,4-5,10-11H2,1-3H3,(H,28,34)(H,30,31)/t14-,15+,17+,18+,19+,20-,21-/m1/s1. The monoisotopic (exact) mass is 526 g/mol. The third-order valence-electron chi connectivity index (χ3n) is 8.72. The number of H-pyrrole nitrogens is 1. The molecular weight excluding hydrogens is 496 g/mol. The summed E-state index contributed by atoms with van der Waals surface area (Å²) in [5.74, 6) is -1.46. The van der Waals surface area contributed by atoms with Crippen molar-refractivity contribution in [1.29, 1.82) is 0 Å². The van der Waals surface area contributed by atoms with Crippen molar-refractivity contribution in [2.24, 2.45) is 29.6 Å². The van der Waals surface area contributed by atoms with Crippen molar-refractivity contribution in [3.05, 3.63) is 49.9 Å². The van der Waals surface area contributed by atoms with E-state index in [-0.39, 0.29) is 82.2 Å². The van der Waals surface area contributed by atoms with Gasteiger partial charge in [-0.3, -0.25) is 24.1 Å². The molecule has 2 amide bonds. The molecule has 6 rings (SSSR count). The highest BCUT2D eigenvalue weighted by Crippen LogP contribution is 2.68. The zero-order chi connectivity index (χ0) is 25.5. The Morgan fingerprint density at radius 1 is 1.08 bits per heavy atom. The summed E-state index contributed by atoms with van der Waals surface area (Å²) in [5.41, 5.74) is 2.44. The summed E-state index contributed by atoms with van der Waals surface area (Å²) in [7, 11) is 0. The van der Waals surface area contributed by atoms with Crippen LogP contribution < -0.4 is 4.87 Å². The van der Waals surface area contributed by atoms with Crippen LogP contribution >= 0.6 is 23.1 Å². The van der Waals surface area contributed by atoms with E-state index in [4.69, 9.17) is 5.11 Å². The van der Waals surface area contributed by atoms with Crippen molar-refractivity contribution in [1.82, 2.24) is 9.88 Å². The van der Waals surface area contributed by atoms with Crippen molar-refractivity contribution in [3.63, 3.8) is 0 Å². The fourth-order valence-electron chi connectivity index (χ4n) is 7.25. The third-order valence-corrected chi connectivity index (χ3v) is 11.3. The number of nitrogens with one attached hydrogen (secondary N) is 1. The third kappa shape index (κ3) is 3.53. The Hall–Kier alpha value is -2.39. The zero-order valence-corrected chi connectivity index (χ0v) is 22.2. The van der Waals surface area contributed by atoms with Gasteiger partial charge in [0.05, 0.1) is 16.9 Å². The van der Waals surface area contributed by atoms with E-state index >= 15 is 0 Å². The number of carbonyl (C=O) groups excluding carboxylic acids is 2. The van der Waals surface area contributed by atoms with E-state index in [2.05, 4.69) is 50.0 Å². The lowest BCUT2D eigenvalue weighted by Crippen LogP contribution is -2.42. The lowest BCUT2D eigenvalue weighted by atomic mass is 9.68. The molecule has 7 nitrogen and oxygen atoms in total. The molecule has 7 atom stereocenters. The molecule has 36 heavy (non-hydrogen) atoms. The van der Waals surface area contributed by atoms with Gasteiger partial charge < -0.3 is 10.1 Å². The van der Waals surface area contributed by atoms with Crippen molar-refractivity contribution in [2.75, 3.05) is 6.54 Å². The molecule has 2 bridgehead atoms. The zero-order valence-electron chi connectivity index (χ0n) is 20.5. The van der Waals surface area contributed by atoms with Crippen LogP contribution in [0.5, 0.6) is 0 Å². The average molecular weight is 527 g/mol. The highest BCUT2D eigenvalue weighted by molar-refractivity contribution is 8.00. The van der Waals surface area contributed by atoms with Gasteiger partial charge >= 0.3 is 10.8 Å². The molecular formula is C27H30N2O5S2. The quantitative estimate of drug-likeness (QED) is 0.569. The van der Waals surface area contributed by atoms with Crippen molar-refractivity contribution in [3.8, 4) is 0 Å². The van der Waals surface area contributed by atoms with Crippen molar-refractivity contribution < 1.29 is 19.5 Å². The summed E-state index contributed by atoms with van der Waals surface area (Å²) in [6.07, 6.45) is 1.08. The van der Waals surface area contributed by atoms with Crippen LogP contribution in [0, 0.1) is 29.6 Å². The number of aromatic amines is 1. The largest absolute Gasteiger partial charge is 0.481 e. The van der Waals surface area contributed by atoms with E-state index in [1.807, 2.05) is 0 Å². The van der Waals surface area contributed by atoms with Gasteiger partial charge in [-0.05, 0) is 47.1 Å². The highest BCUT2D eigenvalue weighted by Gasteiger charge is 2.69. The number of thiazole rings is 1. The van der Waals surface area contributed by atoms with E-state index < -0.39 is 5.97 Å². The average Bonchev–Trinajstić information content (AvgIpc) is 3.53. The van der Waals surface area contributed by atoms with E-state index in [9.17, 15) is 19.2 Å². The summed E-state index contributed by atoms with van der Waals surface area (Å²) in [5, 5.41) is 10.1. The number of rotatable bonds is 5. The molecule has 2 aliphatic carbocycles. The molecule has 0 unspecified atom stereocenters. The molecule has 0 spiro atoms. The van der Waals surface area contributed by atoms with Gasteiger partial charge in [0.2, 0.25) is 11.8 Å². The minimum atomic E-state index is -0.919. The molecule has 1 aromatic carbocycles. The molecule has 2 N–H and O–H groups in total. The van der Waals surface area contributed by atoms with Crippen LogP contribution in [0.25, 0.3) is 0 Å². The number of aromatic nitrogens is 1. The predicted molar refractivity (Wildman–Crippen MR) is 137 cm³/mol. The van der Waals surface area contributed by atoms with Gasteiger partial charge in [-0.25, -0.2) is 0 Å². The Labute approximate surface area is 217 Å². The minimum absolute atomic E-state index is 0.0177. The number of nitrogens with zero attached hydrogens (tertiary/aromatic N) is 1. The molecule has 1 saturated heterocycles. The minimum Gasteiger partial charge on any atom is -0.481 e. The summed E-state index contributed by atoms with van der Waals surface area (Å²) < 4.78 is 0. The summed E-state index contributed by atoms with van der Waals surface area (Å²) in [6, 6.07) is 8.70. The number of hydrogen-bond donors (Lipinski definition) is 2. The van der Waals surface area contributed by atoms with Gasteiger partial charge in [0, 0.05) is 29.0 Å². The SMILES string of the molecule is CC(C)(C)c1ccc([C@@H]2c3sc(=O)[nH]c3S[C@@H]3[C@H]4C[C@@H]([C@@H]5C(=O)N(CCCC(=O)O)C(=O)[C@H]45)[C@@H]23)cc1. The van der Waals surface area contributed by atoms with Crippen molar-refractivity contribution in [2.45, 2.75) is 61.6 Å².